The molecule has 1 atom stereocenters. The van der Waals surface area contributed by atoms with Crippen LogP contribution in [0.2, 0.25) is 0 Å². The van der Waals surface area contributed by atoms with E-state index in [-0.39, 0.29) is 18.0 Å². The molecule has 0 saturated carbocycles. The number of imide groups is 1. The number of nitrogens with zero attached hydrogens (tertiary/aromatic N) is 1. The highest BCUT2D eigenvalue weighted by Crippen LogP contribution is 2.22. The van der Waals surface area contributed by atoms with Gasteiger partial charge in [-0.3, -0.25) is 4.79 Å². The molecule has 9 heteroatoms. The quantitative estimate of drug-likeness (QED) is 0.772. The number of benzene rings is 2. The summed E-state index contributed by atoms with van der Waals surface area (Å²) >= 11 is 0. The summed E-state index contributed by atoms with van der Waals surface area (Å²) in [6.45, 7) is -0.520. The zero-order chi connectivity index (χ0) is 19.4. The van der Waals surface area contributed by atoms with E-state index in [1.54, 1.807) is 42.5 Å². The number of carbonyl (C=O) groups excluding carboxylic acids is 2. The van der Waals surface area contributed by atoms with E-state index in [2.05, 4.69) is 4.72 Å². The Morgan fingerprint density at radius 3 is 2.52 bits per heavy atom. The van der Waals surface area contributed by atoms with Gasteiger partial charge in [-0.2, -0.15) is 0 Å². The summed E-state index contributed by atoms with van der Waals surface area (Å²) in [4.78, 5) is 24.5. The number of hydrogen-bond acceptors (Lipinski definition) is 6. The van der Waals surface area contributed by atoms with Crippen molar-refractivity contribution < 1.29 is 27.5 Å². The first-order valence-electron chi connectivity index (χ1n) is 8.09. The molecule has 0 aliphatic carbocycles. The number of ether oxygens (including phenoxy) is 2. The van der Waals surface area contributed by atoms with Crippen molar-refractivity contribution in [1.82, 2.24) is 9.62 Å². The minimum atomic E-state index is -3.94. The van der Waals surface area contributed by atoms with Crippen LogP contribution in [-0.2, 0) is 19.6 Å². The summed E-state index contributed by atoms with van der Waals surface area (Å²) in [6, 6.07) is 13.9. The number of sulfonamides is 1. The van der Waals surface area contributed by atoms with Gasteiger partial charge in [0.05, 0.1) is 24.6 Å². The Morgan fingerprint density at radius 2 is 1.89 bits per heavy atom. The average Bonchev–Trinajstić information content (AvgIpc) is 3.00. The number of hydrogen-bond donors (Lipinski definition) is 1. The smallest absolute Gasteiger partial charge is 0.417 e. The van der Waals surface area contributed by atoms with Gasteiger partial charge in [-0.25, -0.2) is 22.8 Å². The van der Waals surface area contributed by atoms with Crippen LogP contribution in [0.25, 0.3) is 0 Å². The molecule has 0 bridgehead atoms. The highest BCUT2D eigenvalue weighted by molar-refractivity contribution is 7.89. The summed E-state index contributed by atoms with van der Waals surface area (Å²) < 4.78 is 38.0. The van der Waals surface area contributed by atoms with Crippen molar-refractivity contribution in [1.29, 1.82) is 0 Å². The Kier molecular flexibility index (Phi) is 5.43. The van der Waals surface area contributed by atoms with E-state index in [4.69, 9.17) is 9.47 Å². The molecule has 1 fully saturated rings. The summed E-state index contributed by atoms with van der Waals surface area (Å²) in [7, 11) is -2.50. The van der Waals surface area contributed by atoms with Crippen LogP contribution in [0.1, 0.15) is 11.6 Å². The molecule has 0 aromatic heterocycles. The standard InChI is InChI=1S/C18H18N2O6S/c1-25-14-8-5-9-15(10-14)27(23,24)19-16(13-6-3-2-4-7-13)11-20-17(21)12-26-18(20)22/h2-10,16,19H,11-12H2,1H3. The molecule has 2 aromatic rings. The van der Waals surface area contributed by atoms with Gasteiger partial charge >= 0.3 is 6.09 Å². The van der Waals surface area contributed by atoms with E-state index >= 15 is 0 Å². The summed E-state index contributed by atoms with van der Waals surface area (Å²) in [5, 5.41) is 0. The highest BCUT2D eigenvalue weighted by atomic mass is 32.2. The summed E-state index contributed by atoms with van der Waals surface area (Å²) in [6.07, 6.45) is -0.790. The second kappa shape index (κ2) is 7.77. The lowest BCUT2D eigenvalue weighted by atomic mass is 10.1. The van der Waals surface area contributed by atoms with E-state index in [1.807, 2.05) is 0 Å². The van der Waals surface area contributed by atoms with E-state index < -0.39 is 28.1 Å². The van der Waals surface area contributed by atoms with Crippen molar-refractivity contribution in [2.24, 2.45) is 0 Å². The molecule has 0 spiro atoms. The van der Waals surface area contributed by atoms with Crippen LogP contribution >= 0.6 is 0 Å². The molecule has 1 aliphatic heterocycles. The number of carbonyl (C=O) groups is 2. The first kappa shape index (κ1) is 18.9. The van der Waals surface area contributed by atoms with Crippen LogP contribution in [-0.4, -0.2) is 45.6 Å². The molecule has 2 aromatic carbocycles. The largest absolute Gasteiger partial charge is 0.497 e. The molecule has 142 valence electrons. The van der Waals surface area contributed by atoms with Crippen molar-refractivity contribution in [2.45, 2.75) is 10.9 Å². The fraction of sp³-hybridized carbons (Fsp3) is 0.222. The van der Waals surface area contributed by atoms with Crippen LogP contribution in [0.3, 0.4) is 0 Å². The van der Waals surface area contributed by atoms with Crippen LogP contribution in [0.4, 0.5) is 4.79 Å². The van der Waals surface area contributed by atoms with Gasteiger partial charge in [-0.1, -0.05) is 36.4 Å². The zero-order valence-corrected chi connectivity index (χ0v) is 15.3. The van der Waals surface area contributed by atoms with Crippen molar-refractivity contribution in [3.8, 4) is 5.75 Å². The Hall–Kier alpha value is -2.91. The maximum atomic E-state index is 12.8. The van der Waals surface area contributed by atoms with Crippen molar-refractivity contribution in [2.75, 3.05) is 20.3 Å². The van der Waals surface area contributed by atoms with E-state index in [1.165, 1.54) is 19.2 Å². The molecule has 1 heterocycles. The molecule has 1 unspecified atom stereocenters. The van der Waals surface area contributed by atoms with Crippen LogP contribution in [0.5, 0.6) is 5.75 Å². The summed E-state index contributed by atoms with van der Waals surface area (Å²) in [5.74, 6) is -0.117. The van der Waals surface area contributed by atoms with Gasteiger partial charge in [0.1, 0.15) is 5.75 Å². The second-order valence-corrected chi connectivity index (χ2v) is 7.54. The van der Waals surface area contributed by atoms with Crippen LogP contribution in [0.15, 0.2) is 59.5 Å². The molecule has 1 aliphatic rings. The zero-order valence-electron chi connectivity index (χ0n) is 14.5. The Bertz CT molecular complexity index is 929. The molecule has 8 nitrogen and oxygen atoms in total. The normalized spacial score (nSPS) is 15.5. The molecule has 0 radical (unpaired) electrons. The molecule has 3 rings (SSSR count). The predicted octanol–water partition coefficient (Wildman–Crippen LogP) is 1.69. The SMILES string of the molecule is COc1cccc(S(=O)(=O)NC(CN2C(=O)COC2=O)c2ccccc2)c1. The number of nitrogens with one attached hydrogen (secondary N) is 1. The van der Waals surface area contributed by atoms with Gasteiger partial charge in [-0.05, 0) is 17.7 Å². The predicted molar refractivity (Wildman–Crippen MR) is 95.6 cm³/mol. The van der Waals surface area contributed by atoms with Crippen LogP contribution < -0.4 is 9.46 Å². The Morgan fingerprint density at radius 1 is 1.15 bits per heavy atom. The third kappa shape index (κ3) is 4.26. The molecule has 1 saturated heterocycles. The third-order valence-corrected chi connectivity index (χ3v) is 5.53. The Balaban J connectivity index is 1.91. The van der Waals surface area contributed by atoms with Gasteiger partial charge in [0.25, 0.3) is 5.91 Å². The fourth-order valence-corrected chi connectivity index (χ4v) is 3.91. The number of methoxy groups -OCH3 is 1. The minimum Gasteiger partial charge on any atom is -0.497 e. The van der Waals surface area contributed by atoms with Gasteiger partial charge in [-0.15, -0.1) is 0 Å². The maximum Gasteiger partial charge on any atom is 0.417 e. The fourth-order valence-electron chi connectivity index (χ4n) is 2.66. The van der Waals surface area contributed by atoms with E-state index in [0.717, 1.165) is 4.90 Å². The van der Waals surface area contributed by atoms with Crippen LogP contribution in [0, 0.1) is 0 Å². The van der Waals surface area contributed by atoms with E-state index in [9.17, 15) is 18.0 Å². The maximum absolute atomic E-state index is 12.8. The second-order valence-electron chi connectivity index (χ2n) is 5.82. The Labute approximate surface area is 156 Å². The lowest BCUT2D eigenvalue weighted by molar-refractivity contribution is -0.126. The van der Waals surface area contributed by atoms with Gasteiger partial charge in [0.2, 0.25) is 10.0 Å². The van der Waals surface area contributed by atoms with Gasteiger partial charge in [0.15, 0.2) is 6.61 Å². The molecular weight excluding hydrogens is 372 g/mol. The van der Waals surface area contributed by atoms with Crippen molar-refractivity contribution in [3.63, 3.8) is 0 Å². The monoisotopic (exact) mass is 390 g/mol. The molecule has 27 heavy (non-hydrogen) atoms. The molecular formula is C18H18N2O6S. The first-order valence-corrected chi connectivity index (χ1v) is 9.57. The average molecular weight is 390 g/mol. The van der Waals surface area contributed by atoms with Gasteiger partial charge in [0, 0.05) is 6.07 Å². The molecule has 1 N–H and O–H groups in total. The van der Waals surface area contributed by atoms with Gasteiger partial charge < -0.3 is 9.47 Å². The topological polar surface area (TPSA) is 102 Å². The van der Waals surface area contributed by atoms with Crippen molar-refractivity contribution in [3.05, 3.63) is 60.2 Å². The number of amides is 2. The van der Waals surface area contributed by atoms with Crippen molar-refractivity contribution >= 4 is 22.0 Å². The lowest BCUT2D eigenvalue weighted by Crippen LogP contribution is -2.40. The van der Waals surface area contributed by atoms with E-state index in [0.29, 0.717) is 11.3 Å². The third-order valence-electron chi connectivity index (χ3n) is 4.06. The first-order chi connectivity index (χ1) is 12.9. The lowest BCUT2D eigenvalue weighted by Gasteiger charge is -2.22. The number of rotatable bonds is 7. The highest BCUT2D eigenvalue weighted by Gasteiger charge is 2.34. The number of cyclic esters (lactones) is 1. The molecule has 2 amide bonds. The minimum absolute atomic E-state index is 0.0121. The summed E-state index contributed by atoms with van der Waals surface area (Å²) in [5.41, 5.74) is 0.608.